The Kier molecular flexibility index (Phi) is 4.84. The van der Waals surface area contributed by atoms with Crippen molar-refractivity contribution >= 4 is 28.8 Å². The highest BCUT2D eigenvalue weighted by atomic mass is 32.1. The minimum atomic E-state index is -0.209. The van der Waals surface area contributed by atoms with E-state index >= 15 is 0 Å². The van der Waals surface area contributed by atoms with Crippen LogP contribution >= 0.6 is 12.2 Å². The van der Waals surface area contributed by atoms with Crippen molar-refractivity contribution < 1.29 is 9.53 Å². The van der Waals surface area contributed by atoms with Crippen LogP contribution in [0.1, 0.15) is 16.1 Å². The van der Waals surface area contributed by atoms with Crippen LogP contribution in [-0.4, -0.2) is 22.5 Å². The molecule has 6 heteroatoms. The molecule has 1 aromatic carbocycles. The van der Waals surface area contributed by atoms with Gasteiger partial charge in [0.25, 0.3) is 5.91 Å². The van der Waals surface area contributed by atoms with Crippen molar-refractivity contribution in [2.45, 2.75) is 6.92 Å². The van der Waals surface area contributed by atoms with Gasteiger partial charge in [-0.2, -0.15) is 0 Å². The molecule has 0 spiro atoms. The van der Waals surface area contributed by atoms with Crippen LogP contribution in [-0.2, 0) is 0 Å². The van der Waals surface area contributed by atoms with Crippen molar-refractivity contribution in [1.82, 2.24) is 4.98 Å². The molecule has 0 atom stereocenters. The number of nitrogens with one attached hydrogen (secondary N) is 1. The number of nitrogens with zero attached hydrogens (tertiary/aromatic N) is 1. The molecule has 3 N–H and O–H groups in total. The normalized spacial score (nSPS) is 9.95. The molecule has 5 nitrogen and oxygen atoms in total. The summed E-state index contributed by atoms with van der Waals surface area (Å²) >= 11 is 4.73. The van der Waals surface area contributed by atoms with Crippen LogP contribution in [0, 0.1) is 6.92 Å². The molecule has 0 aliphatic rings. The quantitative estimate of drug-likeness (QED) is 0.829. The summed E-state index contributed by atoms with van der Waals surface area (Å²) in [6, 6.07) is 10.5. The van der Waals surface area contributed by atoms with E-state index in [1.54, 1.807) is 42.6 Å². The Bertz CT molecular complexity index is 639. The number of aromatic nitrogens is 1. The van der Waals surface area contributed by atoms with Crippen molar-refractivity contribution in [2.75, 3.05) is 11.9 Å². The molecule has 0 radical (unpaired) electrons. The molecule has 1 heterocycles. The standard InChI is InChI=1S/C15H15N3O2S/c1-10-2-3-11(8-17-10)15(19)18-12-4-6-13(7-5-12)20-9-14(16)21/h2-8H,9H2,1H3,(H2,16,21)(H,18,19). The maximum atomic E-state index is 12.0. The van der Waals surface area contributed by atoms with Crippen LogP contribution in [0.3, 0.4) is 0 Å². The SMILES string of the molecule is Cc1ccc(C(=O)Nc2ccc(OCC(N)=S)cc2)cn1. The summed E-state index contributed by atoms with van der Waals surface area (Å²) in [5.74, 6) is 0.428. The molecular weight excluding hydrogens is 286 g/mol. The van der Waals surface area contributed by atoms with Crippen molar-refractivity contribution in [3.05, 3.63) is 53.9 Å². The van der Waals surface area contributed by atoms with E-state index in [0.29, 0.717) is 22.0 Å². The van der Waals surface area contributed by atoms with Gasteiger partial charge < -0.3 is 15.8 Å². The van der Waals surface area contributed by atoms with E-state index in [2.05, 4.69) is 10.3 Å². The topological polar surface area (TPSA) is 77.2 Å². The van der Waals surface area contributed by atoms with Gasteiger partial charge in [-0.3, -0.25) is 9.78 Å². The number of pyridine rings is 1. The first-order chi connectivity index (χ1) is 10.0. The predicted octanol–water partition coefficient (Wildman–Crippen LogP) is 2.31. The Balaban J connectivity index is 1.98. The highest BCUT2D eigenvalue weighted by Gasteiger charge is 2.06. The van der Waals surface area contributed by atoms with Crippen LogP contribution in [0.2, 0.25) is 0 Å². The maximum absolute atomic E-state index is 12.0. The number of ether oxygens (including phenoxy) is 1. The minimum Gasteiger partial charge on any atom is -0.487 e. The van der Waals surface area contributed by atoms with Gasteiger partial charge in [-0.25, -0.2) is 0 Å². The summed E-state index contributed by atoms with van der Waals surface area (Å²) in [5, 5.41) is 2.78. The van der Waals surface area contributed by atoms with Crippen LogP contribution in [0.15, 0.2) is 42.6 Å². The number of anilines is 1. The molecule has 108 valence electrons. The van der Waals surface area contributed by atoms with E-state index in [0.717, 1.165) is 5.69 Å². The van der Waals surface area contributed by atoms with Crippen molar-refractivity contribution in [1.29, 1.82) is 0 Å². The number of carbonyl (C=O) groups is 1. The average Bonchev–Trinajstić information content (AvgIpc) is 2.47. The van der Waals surface area contributed by atoms with Crippen LogP contribution in [0.25, 0.3) is 0 Å². The number of thiocarbonyl (C=S) groups is 1. The second kappa shape index (κ2) is 6.81. The van der Waals surface area contributed by atoms with Gasteiger partial charge in [-0.1, -0.05) is 12.2 Å². The van der Waals surface area contributed by atoms with Gasteiger partial charge in [0, 0.05) is 17.6 Å². The fourth-order valence-electron chi connectivity index (χ4n) is 1.59. The summed E-state index contributed by atoms with van der Waals surface area (Å²) in [6.45, 7) is 2.06. The Morgan fingerprint density at radius 3 is 2.57 bits per heavy atom. The predicted molar refractivity (Wildman–Crippen MR) is 85.6 cm³/mol. The van der Waals surface area contributed by atoms with Crippen molar-refractivity contribution in [3.8, 4) is 5.75 Å². The molecule has 21 heavy (non-hydrogen) atoms. The van der Waals surface area contributed by atoms with Crippen molar-refractivity contribution in [2.24, 2.45) is 5.73 Å². The van der Waals surface area contributed by atoms with Gasteiger partial charge in [0.15, 0.2) is 0 Å². The number of carbonyl (C=O) groups excluding carboxylic acids is 1. The first-order valence-corrected chi connectivity index (χ1v) is 6.70. The smallest absolute Gasteiger partial charge is 0.257 e. The Morgan fingerprint density at radius 2 is 2.00 bits per heavy atom. The van der Waals surface area contributed by atoms with Crippen LogP contribution in [0.4, 0.5) is 5.69 Å². The fraction of sp³-hybridized carbons (Fsp3) is 0.133. The average molecular weight is 301 g/mol. The molecule has 1 amide bonds. The summed E-state index contributed by atoms with van der Waals surface area (Å²) < 4.78 is 5.34. The monoisotopic (exact) mass is 301 g/mol. The lowest BCUT2D eigenvalue weighted by molar-refractivity contribution is 0.102. The van der Waals surface area contributed by atoms with E-state index in [1.165, 1.54) is 0 Å². The van der Waals surface area contributed by atoms with Gasteiger partial charge in [0.2, 0.25) is 0 Å². The number of amides is 1. The molecule has 0 fully saturated rings. The van der Waals surface area contributed by atoms with Crippen LogP contribution < -0.4 is 15.8 Å². The first-order valence-electron chi connectivity index (χ1n) is 6.30. The van der Waals surface area contributed by atoms with Gasteiger partial charge >= 0.3 is 0 Å². The van der Waals surface area contributed by atoms with E-state index in [-0.39, 0.29) is 12.5 Å². The summed E-state index contributed by atoms with van der Waals surface area (Å²) in [4.78, 5) is 16.4. The lowest BCUT2D eigenvalue weighted by Crippen LogP contribution is -2.17. The molecule has 2 aromatic rings. The van der Waals surface area contributed by atoms with Gasteiger partial charge in [0.05, 0.1) is 5.56 Å². The Hall–Kier alpha value is -2.47. The third kappa shape index (κ3) is 4.54. The zero-order valence-corrected chi connectivity index (χ0v) is 12.3. The van der Waals surface area contributed by atoms with E-state index in [9.17, 15) is 4.79 Å². The van der Waals surface area contributed by atoms with Gasteiger partial charge in [0.1, 0.15) is 17.3 Å². The summed E-state index contributed by atoms with van der Waals surface area (Å²) in [5.41, 5.74) is 7.40. The number of aryl methyl sites for hydroxylation is 1. The molecule has 0 saturated carbocycles. The first kappa shape index (κ1) is 14.9. The fourth-order valence-corrected chi connectivity index (χ4v) is 1.65. The number of hydrogen-bond acceptors (Lipinski definition) is 4. The number of benzene rings is 1. The molecule has 1 aromatic heterocycles. The Morgan fingerprint density at radius 1 is 1.29 bits per heavy atom. The molecule has 0 aliphatic heterocycles. The highest BCUT2D eigenvalue weighted by Crippen LogP contribution is 2.16. The zero-order chi connectivity index (χ0) is 15.2. The van der Waals surface area contributed by atoms with E-state index < -0.39 is 0 Å². The Labute approximate surface area is 128 Å². The van der Waals surface area contributed by atoms with E-state index in [4.69, 9.17) is 22.7 Å². The molecular formula is C15H15N3O2S. The minimum absolute atomic E-state index is 0.191. The second-order valence-corrected chi connectivity index (χ2v) is 4.95. The van der Waals surface area contributed by atoms with Crippen LogP contribution in [0.5, 0.6) is 5.75 Å². The largest absolute Gasteiger partial charge is 0.487 e. The molecule has 0 bridgehead atoms. The molecule has 0 saturated heterocycles. The lowest BCUT2D eigenvalue weighted by Gasteiger charge is -2.08. The number of rotatable bonds is 5. The third-order valence-corrected chi connectivity index (χ3v) is 2.78. The molecule has 2 rings (SSSR count). The van der Waals surface area contributed by atoms with Gasteiger partial charge in [-0.05, 0) is 43.3 Å². The molecule has 0 unspecified atom stereocenters. The zero-order valence-electron chi connectivity index (χ0n) is 11.5. The highest BCUT2D eigenvalue weighted by molar-refractivity contribution is 7.80. The number of hydrogen-bond donors (Lipinski definition) is 2. The van der Waals surface area contributed by atoms with E-state index in [1.807, 2.05) is 6.92 Å². The maximum Gasteiger partial charge on any atom is 0.257 e. The van der Waals surface area contributed by atoms with Crippen molar-refractivity contribution in [3.63, 3.8) is 0 Å². The molecule has 0 aliphatic carbocycles. The van der Waals surface area contributed by atoms with Gasteiger partial charge in [-0.15, -0.1) is 0 Å². The number of nitrogens with two attached hydrogens (primary N) is 1. The lowest BCUT2D eigenvalue weighted by atomic mass is 10.2. The summed E-state index contributed by atoms with van der Waals surface area (Å²) in [6.07, 6.45) is 1.55. The summed E-state index contributed by atoms with van der Waals surface area (Å²) in [7, 11) is 0. The second-order valence-electron chi connectivity index (χ2n) is 4.42. The third-order valence-electron chi connectivity index (χ3n) is 2.67.